The Morgan fingerprint density at radius 3 is 2.33 bits per heavy atom. The van der Waals surface area contributed by atoms with Crippen molar-refractivity contribution in [3.8, 4) is 0 Å². The lowest BCUT2D eigenvalue weighted by Gasteiger charge is -2.56. The number of carbonyl (C=O) groups is 2. The topological polar surface area (TPSA) is 83.1 Å². The van der Waals surface area contributed by atoms with Gasteiger partial charge in [-0.15, -0.1) is 0 Å². The summed E-state index contributed by atoms with van der Waals surface area (Å²) >= 11 is 5.74. The molecule has 0 aliphatic heterocycles. The average molecular weight is 391 g/mol. The summed E-state index contributed by atoms with van der Waals surface area (Å²) in [6.45, 7) is 0.741. The number of urea groups is 1. The van der Waals surface area contributed by atoms with E-state index >= 15 is 0 Å². The van der Waals surface area contributed by atoms with Crippen molar-refractivity contribution in [2.45, 2.75) is 57.0 Å². The van der Waals surface area contributed by atoms with Gasteiger partial charge in [0.2, 0.25) is 5.91 Å². The second kappa shape index (κ2) is 7.66. The van der Waals surface area contributed by atoms with Crippen LogP contribution in [0.3, 0.4) is 0 Å². The first kappa shape index (κ1) is 18.5. The lowest BCUT2D eigenvalue weighted by Crippen LogP contribution is -2.61. The molecule has 27 heavy (non-hydrogen) atoms. The largest absolute Gasteiger partial charge is 0.352 e. The van der Waals surface area contributed by atoms with E-state index in [1.54, 1.807) is 12.3 Å². The van der Waals surface area contributed by atoms with Crippen LogP contribution in [0.5, 0.6) is 0 Å². The van der Waals surface area contributed by atoms with Gasteiger partial charge in [0.1, 0.15) is 5.15 Å². The minimum absolute atomic E-state index is 0.00265. The monoisotopic (exact) mass is 390 g/mol. The van der Waals surface area contributed by atoms with Crippen molar-refractivity contribution >= 4 is 23.5 Å². The summed E-state index contributed by atoms with van der Waals surface area (Å²) in [6, 6.07) is 3.39. The maximum absolute atomic E-state index is 12.3. The summed E-state index contributed by atoms with van der Waals surface area (Å²) in [5.74, 6) is 2.29. The van der Waals surface area contributed by atoms with E-state index in [9.17, 15) is 9.59 Å². The van der Waals surface area contributed by atoms with Crippen molar-refractivity contribution in [1.82, 2.24) is 20.9 Å². The highest BCUT2D eigenvalue weighted by Crippen LogP contribution is 2.55. The van der Waals surface area contributed by atoms with Crippen molar-refractivity contribution in [3.05, 3.63) is 29.0 Å². The third-order valence-electron chi connectivity index (χ3n) is 6.33. The molecule has 4 bridgehead atoms. The van der Waals surface area contributed by atoms with Crippen LogP contribution >= 0.6 is 11.6 Å². The standard InChI is InChI=1S/C20H27ClN4O2/c21-17-2-1-13(11-23-17)12-24-18(26)3-4-22-19(27)25-20-8-14-5-15(9-20)7-16(6-14)10-20/h1-2,11,14-16H,3-10,12H2,(H,24,26)(H2,22,25,27). The van der Waals surface area contributed by atoms with E-state index in [1.807, 2.05) is 6.07 Å². The summed E-state index contributed by atoms with van der Waals surface area (Å²) < 4.78 is 0. The van der Waals surface area contributed by atoms with Crippen molar-refractivity contribution in [2.75, 3.05) is 6.54 Å². The Morgan fingerprint density at radius 1 is 1.07 bits per heavy atom. The summed E-state index contributed by atoms with van der Waals surface area (Å²) in [5.41, 5.74) is 0.892. The quantitative estimate of drug-likeness (QED) is 0.653. The molecule has 0 spiro atoms. The Labute approximate surface area is 164 Å². The minimum Gasteiger partial charge on any atom is -0.352 e. The molecule has 4 aliphatic carbocycles. The molecule has 1 aromatic rings. The van der Waals surface area contributed by atoms with E-state index in [0.29, 0.717) is 18.2 Å². The van der Waals surface area contributed by atoms with Crippen molar-refractivity contribution in [1.29, 1.82) is 0 Å². The predicted octanol–water partition coefficient (Wildman–Crippen LogP) is 3.01. The first-order valence-corrected chi connectivity index (χ1v) is 10.3. The first-order chi connectivity index (χ1) is 13.0. The highest BCUT2D eigenvalue weighted by molar-refractivity contribution is 6.29. The lowest BCUT2D eigenvalue weighted by atomic mass is 9.53. The van der Waals surface area contributed by atoms with Crippen molar-refractivity contribution in [3.63, 3.8) is 0 Å². The second-order valence-corrected chi connectivity index (χ2v) is 8.98. The van der Waals surface area contributed by atoms with Crippen LogP contribution in [0, 0.1) is 17.8 Å². The maximum Gasteiger partial charge on any atom is 0.315 e. The number of hydrogen-bond donors (Lipinski definition) is 3. The molecule has 3 N–H and O–H groups in total. The Balaban J connectivity index is 1.16. The molecule has 146 valence electrons. The van der Waals surface area contributed by atoms with Gasteiger partial charge in [-0.25, -0.2) is 9.78 Å². The number of nitrogens with one attached hydrogen (secondary N) is 3. The fourth-order valence-corrected chi connectivity index (χ4v) is 5.75. The van der Waals surface area contributed by atoms with Crippen LogP contribution in [0.25, 0.3) is 0 Å². The molecule has 0 saturated heterocycles. The summed E-state index contributed by atoms with van der Waals surface area (Å²) in [5, 5.41) is 9.37. The van der Waals surface area contributed by atoms with Crippen LogP contribution < -0.4 is 16.0 Å². The molecule has 1 heterocycles. The summed E-state index contributed by atoms with van der Waals surface area (Å²) in [7, 11) is 0. The second-order valence-electron chi connectivity index (χ2n) is 8.59. The van der Waals surface area contributed by atoms with Gasteiger partial charge in [-0.2, -0.15) is 0 Å². The number of nitrogens with zero attached hydrogens (tertiary/aromatic N) is 1. The van der Waals surface area contributed by atoms with Crippen LogP contribution in [-0.4, -0.2) is 29.0 Å². The molecule has 0 unspecified atom stereocenters. The summed E-state index contributed by atoms with van der Waals surface area (Å²) in [4.78, 5) is 28.3. The van der Waals surface area contributed by atoms with E-state index in [0.717, 1.165) is 42.6 Å². The molecule has 4 aliphatic rings. The smallest absolute Gasteiger partial charge is 0.315 e. The number of carbonyl (C=O) groups excluding carboxylic acids is 2. The number of amides is 3. The van der Waals surface area contributed by atoms with Crippen LogP contribution in [0.4, 0.5) is 4.79 Å². The van der Waals surface area contributed by atoms with Gasteiger partial charge < -0.3 is 16.0 Å². The van der Waals surface area contributed by atoms with Gasteiger partial charge in [0.25, 0.3) is 0 Å². The van der Waals surface area contributed by atoms with Crippen LogP contribution in [0.1, 0.15) is 50.5 Å². The molecular formula is C20H27ClN4O2. The fourth-order valence-electron chi connectivity index (χ4n) is 5.64. The van der Waals surface area contributed by atoms with Gasteiger partial charge >= 0.3 is 6.03 Å². The lowest BCUT2D eigenvalue weighted by molar-refractivity contribution is -0.121. The Hall–Kier alpha value is -1.82. The van der Waals surface area contributed by atoms with Crippen molar-refractivity contribution < 1.29 is 9.59 Å². The van der Waals surface area contributed by atoms with E-state index in [1.165, 1.54) is 19.3 Å². The SMILES string of the molecule is O=C(CCNC(=O)NC12CC3CC(CC(C3)C1)C2)NCc1ccc(Cl)nc1. The van der Waals surface area contributed by atoms with Crippen molar-refractivity contribution in [2.24, 2.45) is 17.8 Å². The van der Waals surface area contributed by atoms with E-state index in [2.05, 4.69) is 20.9 Å². The summed E-state index contributed by atoms with van der Waals surface area (Å²) in [6.07, 6.45) is 9.34. The van der Waals surface area contributed by atoms with E-state index in [4.69, 9.17) is 11.6 Å². The number of rotatable bonds is 6. The normalized spacial score (nSPS) is 30.8. The van der Waals surface area contributed by atoms with Gasteiger partial charge in [0, 0.05) is 31.2 Å². The predicted molar refractivity (Wildman–Crippen MR) is 103 cm³/mol. The number of pyridine rings is 1. The molecule has 0 aromatic carbocycles. The number of hydrogen-bond acceptors (Lipinski definition) is 3. The molecule has 0 atom stereocenters. The molecule has 7 heteroatoms. The highest BCUT2D eigenvalue weighted by Gasteiger charge is 2.51. The first-order valence-electron chi connectivity index (χ1n) is 9.93. The van der Waals surface area contributed by atoms with Crippen LogP contribution in [0.2, 0.25) is 5.15 Å². The molecular weight excluding hydrogens is 364 g/mol. The minimum atomic E-state index is -0.133. The zero-order chi connectivity index (χ0) is 18.9. The van der Waals surface area contributed by atoms with Gasteiger partial charge in [0.05, 0.1) is 0 Å². The molecule has 4 saturated carbocycles. The Morgan fingerprint density at radius 2 is 1.74 bits per heavy atom. The number of aromatic nitrogens is 1. The van der Waals surface area contributed by atoms with Gasteiger partial charge in [-0.3, -0.25) is 4.79 Å². The zero-order valence-electron chi connectivity index (χ0n) is 15.5. The molecule has 1 aromatic heterocycles. The van der Waals surface area contributed by atoms with E-state index < -0.39 is 0 Å². The molecule has 3 amide bonds. The van der Waals surface area contributed by atoms with Gasteiger partial charge in [0.15, 0.2) is 0 Å². The zero-order valence-corrected chi connectivity index (χ0v) is 16.2. The molecule has 0 radical (unpaired) electrons. The van der Waals surface area contributed by atoms with Crippen LogP contribution in [-0.2, 0) is 11.3 Å². The Bertz CT molecular complexity index is 671. The van der Waals surface area contributed by atoms with Gasteiger partial charge in [-0.05, 0) is 67.9 Å². The highest BCUT2D eigenvalue weighted by atomic mass is 35.5. The van der Waals surface area contributed by atoms with Gasteiger partial charge in [-0.1, -0.05) is 17.7 Å². The Kier molecular flexibility index (Phi) is 5.26. The molecule has 5 rings (SSSR count). The molecule has 6 nitrogen and oxygen atoms in total. The number of halogens is 1. The third-order valence-corrected chi connectivity index (χ3v) is 6.56. The van der Waals surface area contributed by atoms with Crippen LogP contribution in [0.15, 0.2) is 18.3 Å². The van der Waals surface area contributed by atoms with E-state index in [-0.39, 0.29) is 23.9 Å². The fraction of sp³-hybridized carbons (Fsp3) is 0.650. The maximum atomic E-state index is 12.3. The molecule has 4 fully saturated rings. The average Bonchev–Trinajstić information content (AvgIpc) is 2.59. The third kappa shape index (κ3) is 4.54.